The molecular formula is C27H36N4O6. The molecule has 1 aliphatic heterocycles. The van der Waals surface area contributed by atoms with Crippen molar-refractivity contribution in [2.45, 2.75) is 52.2 Å². The molecule has 2 aromatic rings. The molecule has 0 saturated heterocycles. The number of hydrogen-bond acceptors (Lipinski definition) is 7. The topological polar surface area (TPSA) is 114 Å². The van der Waals surface area contributed by atoms with Gasteiger partial charge in [-0.3, -0.25) is 14.4 Å². The Morgan fingerprint density at radius 2 is 1.92 bits per heavy atom. The van der Waals surface area contributed by atoms with E-state index in [1.165, 1.54) is 0 Å². The number of ether oxygens (including phenoxy) is 2. The zero-order valence-corrected chi connectivity index (χ0v) is 22.2. The first kappa shape index (κ1) is 26.7. The number of carbonyl (C=O) groups excluding carboxylic acids is 3. The summed E-state index contributed by atoms with van der Waals surface area (Å²) in [4.78, 5) is 42.8. The minimum Gasteiger partial charge on any atom is -0.491 e. The number of fused-ring (bicyclic) bond motifs is 1. The van der Waals surface area contributed by atoms with Crippen molar-refractivity contribution in [3.8, 4) is 5.75 Å². The molecule has 0 spiro atoms. The summed E-state index contributed by atoms with van der Waals surface area (Å²) < 4.78 is 16.9. The monoisotopic (exact) mass is 512 g/mol. The van der Waals surface area contributed by atoms with Crippen molar-refractivity contribution in [3.05, 3.63) is 41.3 Å². The highest BCUT2D eigenvalue weighted by Gasteiger charge is 2.35. The molecule has 2 aliphatic rings. The van der Waals surface area contributed by atoms with Crippen molar-refractivity contribution in [2.24, 2.45) is 11.8 Å². The maximum atomic E-state index is 13.4. The van der Waals surface area contributed by atoms with Gasteiger partial charge in [-0.1, -0.05) is 18.5 Å². The van der Waals surface area contributed by atoms with Crippen LogP contribution in [-0.4, -0.2) is 78.7 Å². The third-order valence-electron chi connectivity index (χ3n) is 7.30. The fourth-order valence-electron chi connectivity index (χ4n) is 4.71. The van der Waals surface area contributed by atoms with E-state index >= 15 is 0 Å². The minimum atomic E-state index is -0.434. The molecule has 1 N–H and O–H groups in total. The second-order valence-corrected chi connectivity index (χ2v) is 10.2. The molecule has 10 nitrogen and oxygen atoms in total. The average Bonchev–Trinajstić information content (AvgIpc) is 3.28. The Labute approximate surface area is 217 Å². The summed E-state index contributed by atoms with van der Waals surface area (Å²) in [5.41, 5.74) is 0.968. The molecule has 37 heavy (non-hydrogen) atoms. The summed E-state index contributed by atoms with van der Waals surface area (Å²) in [5, 5.41) is 6.52. The van der Waals surface area contributed by atoms with Crippen LogP contribution in [0.1, 0.15) is 59.7 Å². The summed E-state index contributed by atoms with van der Waals surface area (Å²) in [6.07, 6.45) is 2.66. The number of likely N-dealkylation sites (N-methyl/N-ethyl adjacent to an activating group) is 1. The lowest BCUT2D eigenvalue weighted by Crippen LogP contribution is -2.51. The molecular weight excluding hydrogens is 476 g/mol. The third kappa shape index (κ3) is 5.95. The number of aryl methyl sites for hydroxylation is 1. The van der Waals surface area contributed by atoms with Gasteiger partial charge in [0.25, 0.3) is 11.8 Å². The van der Waals surface area contributed by atoms with E-state index in [2.05, 4.69) is 10.5 Å². The number of amides is 3. The summed E-state index contributed by atoms with van der Waals surface area (Å²) >= 11 is 0. The normalized spacial score (nSPS) is 23.3. The fourth-order valence-corrected chi connectivity index (χ4v) is 4.71. The van der Waals surface area contributed by atoms with Crippen LogP contribution in [0.3, 0.4) is 0 Å². The number of anilines is 1. The van der Waals surface area contributed by atoms with E-state index in [-0.39, 0.29) is 48.1 Å². The van der Waals surface area contributed by atoms with E-state index in [0.717, 1.165) is 19.3 Å². The Morgan fingerprint density at radius 3 is 2.54 bits per heavy atom. The summed E-state index contributed by atoms with van der Waals surface area (Å²) in [7, 11) is 3.36. The third-order valence-corrected chi connectivity index (χ3v) is 7.30. The molecule has 0 unspecified atom stereocenters. The van der Waals surface area contributed by atoms with Gasteiger partial charge in [0.1, 0.15) is 18.1 Å². The number of hydrogen-bond donors (Lipinski definition) is 1. The molecule has 1 aromatic carbocycles. The molecule has 0 bridgehead atoms. The highest BCUT2D eigenvalue weighted by atomic mass is 16.5. The van der Waals surface area contributed by atoms with Gasteiger partial charge in [0.15, 0.2) is 5.69 Å². The quantitative estimate of drug-likeness (QED) is 0.668. The van der Waals surface area contributed by atoms with Gasteiger partial charge in [-0.05, 0) is 38.8 Å². The number of nitrogens with one attached hydrogen (secondary N) is 1. The summed E-state index contributed by atoms with van der Waals surface area (Å²) in [6.45, 7) is 6.79. The van der Waals surface area contributed by atoms with Crippen molar-refractivity contribution in [3.63, 3.8) is 0 Å². The van der Waals surface area contributed by atoms with Crippen LogP contribution in [0.2, 0.25) is 0 Å². The summed E-state index contributed by atoms with van der Waals surface area (Å²) in [6, 6.07) is 6.23. The van der Waals surface area contributed by atoms with E-state index < -0.39 is 5.91 Å². The van der Waals surface area contributed by atoms with Gasteiger partial charge in [0.05, 0.1) is 17.7 Å². The molecule has 1 aliphatic carbocycles. The molecule has 3 atom stereocenters. The highest BCUT2D eigenvalue weighted by Crippen LogP contribution is 2.31. The van der Waals surface area contributed by atoms with Gasteiger partial charge in [0.2, 0.25) is 5.91 Å². The molecule has 10 heteroatoms. The van der Waals surface area contributed by atoms with Crippen molar-refractivity contribution in [2.75, 3.05) is 39.2 Å². The van der Waals surface area contributed by atoms with E-state index in [1.54, 1.807) is 50.2 Å². The van der Waals surface area contributed by atoms with Crippen LogP contribution in [0.5, 0.6) is 5.75 Å². The number of aromatic nitrogens is 1. The largest absolute Gasteiger partial charge is 0.491 e. The van der Waals surface area contributed by atoms with Crippen LogP contribution in [0.25, 0.3) is 0 Å². The second kappa shape index (κ2) is 11.3. The second-order valence-electron chi connectivity index (χ2n) is 10.2. The average molecular weight is 513 g/mol. The Kier molecular flexibility index (Phi) is 8.16. The van der Waals surface area contributed by atoms with Crippen molar-refractivity contribution >= 4 is 23.4 Å². The van der Waals surface area contributed by atoms with Crippen LogP contribution in [0.15, 0.2) is 28.8 Å². The molecule has 1 aromatic heterocycles. The van der Waals surface area contributed by atoms with Gasteiger partial charge >= 0.3 is 0 Å². The highest BCUT2D eigenvalue weighted by molar-refractivity contribution is 6.04. The predicted octanol–water partition coefficient (Wildman–Crippen LogP) is 3.37. The van der Waals surface area contributed by atoms with E-state index in [9.17, 15) is 14.4 Å². The Hall–Kier alpha value is -3.40. The molecule has 200 valence electrons. The zero-order valence-electron chi connectivity index (χ0n) is 22.2. The maximum Gasteiger partial charge on any atom is 0.277 e. The first-order chi connectivity index (χ1) is 17.7. The first-order valence-corrected chi connectivity index (χ1v) is 12.8. The van der Waals surface area contributed by atoms with Gasteiger partial charge in [0, 0.05) is 56.9 Å². The smallest absolute Gasteiger partial charge is 0.277 e. The van der Waals surface area contributed by atoms with Crippen LogP contribution in [-0.2, 0) is 9.53 Å². The van der Waals surface area contributed by atoms with E-state index in [1.807, 2.05) is 18.7 Å². The maximum absolute atomic E-state index is 13.4. The van der Waals surface area contributed by atoms with E-state index in [0.29, 0.717) is 35.9 Å². The fraction of sp³-hybridized carbons (Fsp3) is 0.556. The SMILES string of the molecule is CO[C@@H]1CN(C)C(=O)c2ccc(NC(=O)c3cc(C)on3)cc2OC[C@@H](C)N(C(=O)C2CCC2)C[C@H]1C. The lowest BCUT2D eigenvalue weighted by atomic mass is 9.83. The van der Waals surface area contributed by atoms with E-state index in [4.69, 9.17) is 14.0 Å². The van der Waals surface area contributed by atoms with Crippen LogP contribution < -0.4 is 10.1 Å². The molecule has 1 saturated carbocycles. The Balaban J connectivity index is 1.63. The van der Waals surface area contributed by atoms with Crippen LogP contribution in [0.4, 0.5) is 5.69 Å². The lowest BCUT2D eigenvalue weighted by Gasteiger charge is -2.39. The molecule has 4 rings (SSSR count). The molecule has 3 amide bonds. The molecule has 0 radical (unpaired) electrons. The summed E-state index contributed by atoms with van der Waals surface area (Å²) in [5.74, 6) is 0.427. The first-order valence-electron chi connectivity index (χ1n) is 12.8. The van der Waals surface area contributed by atoms with Crippen LogP contribution >= 0.6 is 0 Å². The molecule has 1 fully saturated rings. The number of methoxy groups -OCH3 is 1. The van der Waals surface area contributed by atoms with Crippen molar-refractivity contribution < 1.29 is 28.4 Å². The van der Waals surface area contributed by atoms with Gasteiger partial charge in [-0.2, -0.15) is 0 Å². The zero-order chi connectivity index (χ0) is 26.7. The predicted molar refractivity (Wildman–Crippen MR) is 137 cm³/mol. The number of benzene rings is 1. The van der Waals surface area contributed by atoms with Crippen molar-refractivity contribution in [1.29, 1.82) is 0 Å². The lowest BCUT2D eigenvalue weighted by molar-refractivity contribution is -0.142. The minimum absolute atomic E-state index is 0.0170. The standard InChI is InChI=1S/C27H36N4O6/c1-16-13-31(26(33)19-7-6-8-19)17(2)15-36-23-12-20(28-25(32)22-11-18(3)37-29-22)9-10-21(23)27(34)30(4)14-24(16)35-5/h9-12,16-17,19,24H,6-8,13-15H2,1-5H3,(H,28,32)/t16-,17-,24-/m1/s1. The van der Waals surface area contributed by atoms with Crippen LogP contribution in [0, 0.1) is 18.8 Å². The molecule has 2 heterocycles. The van der Waals surface area contributed by atoms with Gasteiger partial charge in [-0.15, -0.1) is 0 Å². The number of rotatable bonds is 4. The number of nitrogens with zero attached hydrogens (tertiary/aromatic N) is 3. The van der Waals surface area contributed by atoms with Gasteiger partial charge in [-0.25, -0.2) is 0 Å². The number of carbonyl (C=O) groups is 3. The van der Waals surface area contributed by atoms with Crippen molar-refractivity contribution in [1.82, 2.24) is 15.0 Å². The Morgan fingerprint density at radius 1 is 1.16 bits per heavy atom. The van der Waals surface area contributed by atoms with Gasteiger partial charge < -0.3 is 29.1 Å². The Bertz CT molecular complexity index is 1140.